The smallest absolute Gasteiger partial charge is 0.331 e. The predicted octanol–water partition coefficient (Wildman–Crippen LogP) is 4.16. The fourth-order valence-corrected chi connectivity index (χ4v) is 7.57. The van der Waals surface area contributed by atoms with E-state index in [2.05, 4.69) is 26.0 Å². The molecule has 1 aliphatic heterocycles. The number of carbonyl (C=O) groups excluding carboxylic acids is 1. The number of aliphatic hydroxyl groups is 1. The van der Waals surface area contributed by atoms with E-state index in [1.54, 1.807) is 6.08 Å². The highest BCUT2D eigenvalue weighted by Crippen LogP contribution is 2.68. The fraction of sp³-hybridized carbons (Fsp3) is 0.773. The highest BCUT2D eigenvalue weighted by molar-refractivity contribution is 5.85. The zero-order chi connectivity index (χ0) is 17.4. The van der Waals surface area contributed by atoms with Crippen molar-refractivity contribution in [2.75, 3.05) is 0 Å². The molecule has 3 fully saturated rings. The van der Waals surface area contributed by atoms with E-state index in [0.29, 0.717) is 11.8 Å². The summed E-state index contributed by atoms with van der Waals surface area (Å²) < 4.78 is 5.91. The number of allylic oxidation sites excluding steroid dienone is 1. The molecule has 0 amide bonds. The summed E-state index contributed by atoms with van der Waals surface area (Å²) >= 11 is 0. The Morgan fingerprint density at radius 2 is 1.92 bits per heavy atom. The monoisotopic (exact) mass is 342 g/mol. The molecule has 0 radical (unpaired) electrons. The van der Waals surface area contributed by atoms with Gasteiger partial charge in [-0.25, -0.2) is 4.79 Å². The third-order valence-corrected chi connectivity index (χ3v) is 9.03. The van der Waals surface area contributed by atoms with Crippen molar-refractivity contribution in [2.45, 2.75) is 76.9 Å². The van der Waals surface area contributed by atoms with E-state index in [1.807, 2.05) is 0 Å². The Bertz CT molecular complexity index is 679. The summed E-state index contributed by atoms with van der Waals surface area (Å²) in [5, 5.41) is 10.1. The molecule has 3 nitrogen and oxygen atoms in total. The average molecular weight is 342 g/mol. The van der Waals surface area contributed by atoms with Crippen LogP contribution in [0.3, 0.4) is 0 Å². The van der Waals surface area contributed by atoms with Gasteiger partial charge in [-0.15, -0.1) is 0 Å². The van der Waals surface area contributed by atoms with Crippen LogP contribution >= 0.6 is 0 Å². The first-order valence-electron chi connectivity index (χ1n) is 10.2. The van der Waals surface area contributed by atoms with Crippen LogP contribution in [0.2, 0.25) is 0 Å². The molecule has 25 heavy (non-hydrogen) atoms. The molecular formula is C22H30O3. The van der Waals surface area contributed by atoms with E-state index >= 15 is 0 Å². The number of rotatable bonds is 0. The molecule has 5 aliphatic rings. The predicted molar refractivity (Wildman–Crippen MR) is 95.7 cm³/mol. The molecule has 0 aromatic carbocycles. The van der Waals surface area contributed by atoms with Crippen molar-refractivity contribution in [3.05, 3.63) is 23.8 Å². The molecular weight excluding hydrogens is 312 g/mol. The molecule has 3 saturated carbocycles. The van der Waals surface area contributed by atoms with Crippen LogP contribution in [0.5, 0.6) is 0 Å². The van der Waals surface area contributed by atoms with Crippen LogP contribution in [-0.4, -0.2) is 22.8 Å². The second-order valence-corrected chi connectivity index (χ2v) is 9.79. The molecule has 0 unspecified atom stereocenters. The third-order valence-electron chi connectivity index (χ3n) is 9.03. The highest BCUT2D eigenvalue weighted by Gasteiger charge is 2.65. The Hall–Kier alpha value is -1.09. The number of ether oxygens (including phenoxy) is 1. The largest absolute Gasteiger partial charge is 0.451 e. The normalized spacial score (nSPS) is 53.9. The van der Waals surface area contributed by atoms with Gasteiger partial charge in [0.2, 0.25) is 0 Å². The molecule has 1 spiro atoms. The molecule has 3 heteroatoms. The molecule has 1 heterocycles. The molecule has 1 N–H and O–H groups in total. The number of hydrogen-bond donors (Lipinski definition) is 1. The summed E-state index contributed by atoms with van der Waals surface area (Å²) in [5.74, 6) is 1.93. The Balaban J connectivity index is 1.50. The highest BCUT2D eigenvalue weighted by atomic mass is 16.6. The van der Waals surface area contributed by atoms with Gasteiger partial charge in [0.1, 0.15) is 5.60 Å². The van der Waals surface area contributed by atoms with Crippen LogP contribution in [0.1, 0.15) is 65.2 Å². The van der Waals surface area contributed by atoms with Crippen LogP contribution in [0, 0.1) is 28.6 Å². The van der Waals surface area contributed by atoms with Crippen molar-refractivity contribution in [2.24, 2.45) is 28.6 Å². The van der Waals surface area contributed by atoms with E-state index in [1.165, 1.54) is 18.4 Å². The van der Waals surface area contributed by atoms with Crippen molar-refractivity contribution in [1.82, 2.24) is 0 Å². The van der Waals surface area contributed by atoms with Gasteiger partial charge in [0.25, 0.3) is 0 Å². The third kappa shape index (κ3) is 1.94. The van der Waals surface area contributed by atoms with E-state index in [9.17, 15) is 9.90 Å². The van der Waals surface area contributed by atoms with Crippen molar-refractivity contribution in [3.8, 4) is 0 Å². The van der Waals surface area contributed by atoms with Gasteiger partial charge in [-0.05, 0) is 80.6 Å². The Labute approximate surface area is 150 Å². The van der Waals surface area contributed by atoms with Crippen molar-refractivity contribution in [3.63, 3.8) is 0 Å². The van der Waals surface area contributed by atoms with Gasteiger partial charge in [0, 0.05) is 11.5 Å². The molecule has 0 aromatic heterocycles. The summed E-state index contributed by atoms with van der Waals surface area (Å²) in [6, 6.07) is 0. The second-order valence-electron chi connectivity index (χ2n) is 9.79. The summed E-state index contributed by atoms with van der Waals surface area (Å²) in [4.78, 5) is 11.8. The maximum Gasteiger partial charge on any atom is 0.331 e. The van der Waals surface area contributed by atoms with Crippen molar-refractivity contribution >= 4 is 5.97 Å². The molecule has 0 bridgehead atoms. The number of hydrogen-bond acceptors (Lipinski definition) is 3. The fourth-order valence-electron chi connectivity index (χ4n) is 7.57. The maximum atomic E-state index is 11.8. The Morgan fingerprint density at radius 3 is 2.68 bits per heavy atom. The van der Waals surface area contributed by atoms with Crippen molar-refractivity contribution < 1.29 is 14.6 Å². The first-order chi connectivity index (χ1) is 11.9. The van der Waals surface area contributed by atoms with Crippen LogP contribution in [0.4, 0.5) is 0 Å². The van der Waals surface area contributed by atoms with Gasteiger partial charge in [0.15, 0.2) is 0 Å². The minimum Gasteiger partial charge on any atom is -0.451 e. The Kier molecular flexibility index (Phi) is 3.22. The lowest BCUT2D eigenvalue weighted by Gasteiger charge is -2.58. The minimum absolute atomic E-state index is 0.0900. The van der Waals surface area contributed by atoms with E-state index < -0.39 is 0 Å². The zero-order valence-corrected chi connectivity index (χ0v) is 15.5. The lowest BCUT2D eigenvalue weighted by Crippen LogP contribution is -2.54. The van der Waals surface area contributed by atoms with Crippen LogP contribution in [0.15, 0.2) is 23.8 Å². The standard InChI is InChI=1S/C22H30O3/c1-20-9-5-15(23)13-14(20)3-4-16-17(20)6-10-21(2)18(16)7-11-22(21)12-8-19(24)25-22/h3,8,12,15-18,23H,4-7,9-11,13H2,1-2H3/t15-,16+,17-,18-,20-,21-,22+/m0/s1. The lowest BCUT2D eigenvalue weighted by atomic mass is 9.47. The van der Waals surface area contributed by atoms with Crippen LogP contribution in [0.25, 0.3) is 0 Å². The van der Waals surface area contributed by atoms with Gasteiger partial charge in [0.05, 0.1) is 6.10 Å². The first kappa shape index (κ1) is 16.1. The topological polar surface area (TPSA) is 46.5 Å². The summed E-state index contributed by atoms with van der Waals surface area (Å²) in [5.41, 5.74) is 1.55. The number of carbonyl (C=O) groups is 1. The molecule has 0 saturated heterocycles. The van der Waals surface area contributed by atoms with Gasteiger partial charge in [-0.2, -0.15) is 0 Å². The number of fused-ring (bicyclic) bond motifs is 6. The average Bonchev–Trinajstić information content (AvgIpc) is 3.10. The van der Waals surface area contributed by atoms with E-state index in [0.717, 1.165) is 44.4 Å². The molecule has 0 aromatic rings. The SMILES string of the molecule is C[C@]12CC[C@H](O)CC1=CC[C@@H]1[C@@H]2CC[C@@]2(C)[C@H]1CC[C@@]21C=CC(=O)O1. The first-order valence-corrected chi connectivity index (χ1v) is 10.2. The molecule has 4 aliphatic carbocycles. The van der Waals surface area contributed by atoms with Gasteiger partial charge in [-0.1, -0.05) is 25.5 Å². The summed E-state index contributed by atoms with van der Waals surface area (Å²) in [6.45, 7) is 4.85. The maximum absolute atomic E-state index is 11.8. The second kappa shape index (κ2) is 5.00. The number of aliphatic hydroxyl groups excluding tert-OH is 1. The number of esters is 1. The van der Waals surface area contributed by atoms with E-state index in [4.69, 9.17) is 4.74 Å². The van der Waals surface area contributed by atoms with Crippen LogP contribution < -0.4 is 0 Å². The summed E-state index contributed by atoms with van der Waals surface area (Å²) in [7, 11) is 0. The van der Waals surface area contributed by atoms with Gasteiger partial charge < -0.3 is 9.84 Å². The lowest BCUT2D eigenvalue weighted by molar-refractivity contribution is -0.162. The minimum atomic E-state index is -0.340. The summed E-state index contributed by atoms with van der Waals surface area (Å²) in [6.07, 6.45) is 14.7. The van der Waals surface area contributed by atoms with Gasteiger partial charge in [-0.3, -0.25) is 0 Å². The molecule has 136 valence electrons. The van der Waals surface area contributed by atoms with Crippen LogP contribution in [-0.2, 0) is 9.53 Å². The molecule has 5 rings (SSSR count). The molecule has 7 atom stereocenters. The van der Waals surface area contributed by atoms with Crippen molar-refractivity contribution in [1.29, 1.82) is 0 Å². The zero-order valence-electron chi connectivity index (χ0n) is 15.5. The van der Waals surface area contributed by atoms with Gasteiger partial charge >= 0.3 is 5.97 Å². The van der Waals surface area contributed by atoms with E-state index in [-0.39, 0.29) is 28.5 Å². The Morgan fingerprint density at radius 1 is 1.12 bits per heavy atom. The quantitative estimate of drug-likeness (QED) is 0.531.